The van der Waals surface area contributed by atoms with Gasteiger partial charge in [-0.25, -0.2) is 9.78 Å². The molecule has 0 spiro atoms. The van der Waals surface area contributed by atoms with Crippen LogP contribution in [0.1, 0.15) is 0 Å². The number of benzene rings is 1. The molecule has 0 bridgehead atoms. The fourth-order valence-electron chi connectivity index (χ4n) is 1.90. The van der Waals surface area contributed by atoms with Gasteiger partial charge in [-0.2, -0.15) is 0 Å². The van der Waals surface area contributed by atoms with Gasteiger partial charge in [-0.1, -0.05) is 0 Å². The highest BCUT2D eigenvalue weighted by molar-refractivity contribution is 7.97. The average molecular weight is 352 g/mol. The summed E-state index contributed by atoms with van der Waals surface area (Å²) in [6.45, 7) is 1.05. The lowest BCUT2D eigenvalue weighted by molar-refractivity contribution is -0.384. The van der Waals surface area contributed by atoms with Crippen LogP contribution in [0, 0.1) is 10.1 Å². The summed E-state index contributed by atoms with van der Waals surface area (Å²) in [4.78, 5) is 26.6. The van der Waals surface area contributed by atoms with Gasteiger partial charge >= 0.3 is 6.03 Å². The summed E-state index contributed by atoms with van der Waals surface area (Å²) >= 11 is 2.61. The molecule has 23 heavy (non-hydrogen) atoms. The van der Waals surface area contributed by atoms with E-state index in [1.807, 2.05) is 0 Å². The lowest BCUT2D eigenvalue weighted by Gasteiger charge is -2.24. The molecule has 1 aliphatic rings. The Labute approximate surface area is 139 Å². The summed E-state index contributed by atoms with van der Waals surface area (Å²) in [5, 5.41) is 15.7. The van der Waals surface area contributed by atoms with Crippen LogP contribution in [0.15, 0.2) is 29.6 Å². The molecule has 120 valence electrons. The molecule has 1 N–H and O–H groups in total. The number of aromatic nitrogens is 1. The summed E-state index contributed by atoms with van der Waals surface area (Å²) in [5.41, 5.74) is 1.45. The first-order chi connectivity index (χ1) is 11.1. The maximum absolute atomic E-state index is 12.1. The zero-order valence-corrected chi connectivity index (χ0v) is 13.4. The Balaban J connectivity index is 1.67. The second-order valence-corrected chi connectivity index (χ2v) is 6.32. The number of nitrogens with one attached hydrogen (secondary N) is 1. The van der Waals surface area contributed by atoms with Gasteiger partial charge in [-0.15, -0.1) is 11.3 Å². The first kappa shape index (κ1) is 15.7. The molecule has 2 heterocycles. The number of nitro groups is 1. The molecule has 1 saturated heterocycles. The van der Waals surface area contributed by atoms with Crippen LogP contribution in [0.3, 0.4) is 0 Å². The van der Waals surface area contributed by atoms with Crippen molar-refractivity contribution in [2.45, 2.75) is 0 Å². The van der Waals surface area contributed by atoms with E-state index in [0.717, 1.165) is 5.56 Å². The molecule has 2 aromatic rings. The van der Waals surface area contributed by atoms with Crippen LogP contribution in [-0.4, -0.2) is 39.3 Å². The van der Waals surface area contributed by atoms with E-state index in [9.17, 15) is 14.9 Å². The van der Waals surface area contributed by atoms with Crippen LogP contribution in [0.5, 0.6) is 0 Å². The second-order valence-electron chi connectivity index (χ2n) is 4.53. The zero-order valence-electron chi connectivity index (χ0n) is 11.8. The van der Waals surface area contributed by atoms with Gasteiger partial charge in [0.2, 0.25) is 0 Å². The molecule has 1 aromatic heterocycles. The molecule has 10 heteroatoms. The molecule has 1 aromatic carbocycles. The maximum Gasteiger partial charge on any atom is 0.333 e. The Morgan fingerprint density at radius 1 is 1.39 bits per heavy atom. The van der Waals surface area contributed by atoms with E-state index in [1.165, 1.54) is 35.4 Å². The van der Waals surface area contributed by atoms with Crippen molar-refractivity contribution >= 4 is 40.1 Å². The Morgan fingerprint density at radius 2 is 2.17 bits per heavy atom. The van der Waals surface area contributed by atoms with E-state index in [2.05, 4.69) is 10.3 Å². The number of urea groups is 1. The fourth-order valence-corrected chi connectivity index (χ4v) is 3.30. The van der Waals surface area contributed by atoms with E-state index in [4.69, 9.17) is 4.74 Å². The first-order valence-electron chi connectivity index (χ1n) is 6.63. The Kier molecular flexibility index (Phi) is 4.74. The number of thiazole rings is 1. The summed E-state index contributed by atoms with van der Waals surface area (Å²) in [6.07, 6.45) is 0. The van der Waals surface area contributed by atoms with Crippen LogP contribution < -0.4 is 5.32 Å². The van der Waals surface area contributed by atoms with Crippen LogP contribution >= 0.6 is 23.3 Å². The third kappa shape index (κ3) is 3.78. The van der Waals surface area contributed by atoms with E-state index >= 15 is 0 Å². The Morgan fingerprint density at radius 3 is 2.83 bits per heavy atom. The van der Waals surface area contributed by atoms with Crippen molar-refractivity contribution in [2.24, 2.45) is 0 Å². The van der Waals surface area contributed by atoms with Crippen LogP contribution in [0.25, 0.3) is 11.3 Å². The number of ether oxygens (including phenoxy) is 1. The highest BCUT2D eigenvalue weighted by Crippen LogP contribution is 2.27. The average Bonchev–Trinajstić information content (AvgIpc) is 3.04. The molecular formula is C13H12N4O4S2. The van der Waals surface area contributed by atoms with Crippen molar-refractivity contribution in [3.8, 4) is 11.3 Å². The summed E-state index contributed by atoms with van der Waals surface area (Å²) < 4.78 is 6.76. The van der Waals surface area contributed by atoms with Gasteiger partial charge in [0.05, 0.1) is 23.8 Å². The lowest BCUT2D eigenvalue weighted by atomic mass is 10.1. The van der Waals surface area contributed by atoms with E-state index in [-0.39, 0.29) is 11.7 Å². The molecule has 2 amide bonds. The molecule has 1 aliphatic heterocycles. The highest BCUT2D eigenvalue weighted by Gasteiger charge is 2.19. The number of anilines is 1. The van der Waals surface area contributed by atoms with Gasteiger partial charge in [-0.3, -0.25) is 19.7 Å². The normalized spacial score (nSPS) is 14.5. The van der Waals surface area contributed by atoms with Crippen molar-refractivity contribution in [1.82, 2.24) is 9.29 Å². The van der Waals surface area contributed by atoms with Gasteiger partial charge in [0, 0.05) is 23.1 Å². The number of hydrogen-bond donors (Lipinski definition) is 1. The van der Waals surface area contributed by atoms with Crippen molar-refractivity contribution in [3.05, 3.63) is 39.8 Å². The summed E-state index contributed by atoms with van der Waals surface area (Å²) in [6, 6.07) is 5.89. The largest absolute Gasteiger partial charge is 0.367 e. The Hall–Kier alpha value is -2.17. The standard InChI is InChI=1S/C13H12N4O4S2/c18-13(16-5-6-21-8-23-16)15-12-14-11(7-22-12)9-1-3-10(4-2-9)17(19)20/h1-4,7H,5-6,8H2,(H,14,15,18). The molecule has 0 atom stereocenters. The second kappa shape index (κ2) is 6.94. The van der Waals surface area contributed by atoms with Crippen molar-refractivity contribution in [1.29, 1.82) is 0 Å². The first-order valence-corrected chi connectivity index (χ1v) is 8.45. The van der Waals surface area contributed by atoms with Crippen molar-refractivity contribution < 1.29 is 14.5 Å². The van der Waals surface area contributed by atoms with Gasteiger partial charge in [-0.05, 0) is 24.1 Å². The zero-order chi connectivity index (χ0) is 16.2. The Bertz CT molecular complexity index is 713. The number of hydrogen-bond acceptors (Lipinski definition) is 7. The van der Waals surface area contributed by atoms with E-state index < -0.39 is 4.92 Å². The molecule has 1 fully saturated rings. The molecule has 3 rings (SSSR count). The van der Waals surface area contributed by atoms with Gasteiger partial charge in [0.1, 0.15) is 5.94 Å². The number of carbonyl (C=O) groups excluding carboxylic acids is 1. The predicted molar refractivity (Wildman–Crippen MR) is 88.3 cm³/mol. The van der Waals surface area contributed by atoms with Crippen LogP contribution in [0.2, 0.25) is 0 Å². The summed E-state index contributed by atoms with van der Waals surface area (Å²) in [7, 11) is 0. The molecule has 0 unspecified atom stereocenters. The summed E-state index contributed by atoms with van der Waals surface area (Å²) in [5.74, 6) is 0.458. The molecule has 0 saturated carbocycles. The third-order valence-corrected chi connectivity index (χ3v) is 4.74. The number of amides is 2. The molecule has 0 aliphatic carbocycles. The number of rotatable bonds is 3. The van der Waals surface area contributed by atoms with Gasteiger partial charge in [0.25, 0.3) is 5.69 Å². The van der Waals surface area contributed by atoms with Crippen molar-refractivity contribution in [2.75, 3.05) is 24.4 Å². The van der Waals surface area contributed by atoms with Crippen molar-refractivity contribution in [3.63, 3.8) is 0 Å². The van der Waals surface area contributed by atoms with E-state index in [0.29, 0.717) is 29.9 Å². The third-order valence-electron chi connectivity index (χ3n) is 3.05. The minimum absolute atomic E-state index is 0.0295. The predicted octanol–water partition coefficient (Wildman–Crippen LogP) is 3.19. The van der Waals surface area contributed by atoms with Gasteiger partial charge in [0.15, 0.2) is 5.13 Å². The number of nitrogens with zero attached hydrogens (tertiary/aromatic N) is 3. The molecular weight excluding hydrogens is 340 g/mol. The maximum atomic E-state index is 12.1. The van der Waals surface area contributed by atoms with E-state index in [1.54, 1.807) is 21.8 Å². The fraction of sp³-hybridized carbons (Fsp3) is 0.231. The van der Waals surface area contributed by atoms with Crippen LogP contribution in [0.4, 0.5) is 15.6 Å². The SMILES string of the molecule is O=C(Nc1nc(-c2ccc([N+](=O)[O-])cc2)cs1)N1CCOCS1. The minimum Gasteiger partial charge on any atom is -0.367 e. The number of carbonyl (C=O) groups is 1. The number of nitro benzene ring substituents is 1. The highest BCUT2D eigenvalue weighted by atomic mass is 32.2. The van der Waals surface area contributed by atoms with Gasteiger partial charge < -0.3 is 4.74 Å². The lowest BCUT2D eigenvalue weighted by Crippen LogP contribution is -2.35. The molecule has 8 nitrogen and oxygen atoms in total. The number of non-ortho nitro benzene ring substituents is 1. The smallest absolute Gasteiger partial charge is 0.333 e. The van der Waals surface area contributed by atoms with Crippen LogP contribution in [-0.2, 0) is 4.74 Å². The topological polar surface area (TPSA) is 97.6 Å². The quantitative estimate of drug-likeness (QED) is 0.517. The molecule has 0 radical (unpaired) electrons. The monoisotopic (exact) mass is 352 g/mol. The minimum atomic E-state index is -0.448.